The summed E-state index contributed by atoms with van der Waals surface area (Å²) in [5, 5.41) is 0.0420. The molecule has 0 heterocycles. The van der Waals surface area contributed by atoms with Gasteiger partial charge in [0.1, 0.15) is 5.75 Å². The third kappa shape index (κ3) is 4.77. The summed E-state index contributed by atoms with van der Waals surface area (Å²) >= 11 is 15.2. The molecule has 0 fully saturated rings. The van der Waals surface area contributed by atoms with Crippen LogP contribution in [0.15, 0.2) is 30.3 Å². The lowest BCUT2D eigenvalue weighted by Crippen LogP contribution is -2.06. The van der Waals surface area contributed by atoms with E-state index < -0.39 is 28.3 Å². The molecular weight excluding hydrogens is 435 g/mol. The number of benzene rings is 2. The molecule has 1 nitrogen and oxygen atoms in total. The van der Waals surface area contributed by atoms with E-state index in [0.717, 1.165) is 5.56 Å². The smallest absolute Gasteiger partial charge is 0.416 e. The fraction of sp³-hybridized carbons (Fsp3) is 0.250. The van der Waals surface area contributed by atoms with Gasteiger partial charge in [0.2, 0.25) is 0 Å². The van der Waals surface area contributed by atoms with Crippen LogP contribution in [-0.2, 0) is 12.6 Å². The average molecular weight is 446 g/mol. The van der Waals surface area contributed by atoms with Crippen molar-refractivity contribution in [3.63, 3.8) is 0 Å². The predicted molar refractivity (Wildman–Crippen MR) is 90.0 cm³/mol. The number of alkyl halides is 4. The Morgan fingerprint density at radius 3 is 2.33 bits per heavy atom. The molecule has 1 unspecified atom stereocenters. The summed E-state index contributed by atoms with van der Waals surface area (Å²) in [6.07, 6.45) is -4.10. The van der Waals surface area contributed by atoms with Crippen molar-refractivity contribution < 1.29 is 22.3 Å². The second-order valence-electron chi connectivity index (χ2n) is 5.11. The molecule has 0 aliphatic rings. The number of rotatable bonds is 4. The molecule has 2 aromatic rings. The lowest BCUT2D eigenvalue weighted by molar-refractivity contribution is -0.137. The molecule has 0 aromatic heterocycles. The number of halogens is 7. The van der Waals surface area contributed by atoms with E-state index >= 15 is 0 Å². The first-order valence-electron chi connectivity index (χ1n) is 6.74. The van der Waals surface area contributed by atoms with Crippen LogP contribution in [0, 0.1) is 5.82 Å². The fourth-order valence-electron chi connectivity index (χ4n) is 2.01. The highest BCUT2D eigenvalue weighted by Crippen LogP contribution is 2.39. The van der Waals surface area contributed by atoms with Crippen LogP contribution in [-0.4, -0.2) is 4.83 Å². The Hall–Kier alpha value is -0.980. The Balaban J connectivity index is 2.35. The summed E-state index contributed by atoms with van der Waals surface area (Å²) < 4.78 is 57.2. The monoisotopic (exact) mass is 444 g/mol. The summed E-state index contributed by atoms with van der Waals surface area (Å²) in [6, 6.07) is 5.61. The molecule has 24 heavy (non-hydrogen) atoms. The molecule has 0 aliphatic heterocycles. The third-order valence-corrected chi connectivity index (χ3v) is 4.04. The first kappa shape index (κ1) is 19.3. The van der Waals surface area contributed by atoms with E-state index in [0.29, 0.717) is 23.6 Å². The molecule has 0 saturated heterocycles. The van der Waals surface area contributed by atoms with Crippen LogP contribution in [0.5, 0.6) is 11.5 Å². The van der Waals surface area contributed by atoms with Gasteiger partial charge in [0.05, 0.1) is 10.6 Å². The standard InChI is InChI=1S/C16H11BrCl2F4O/c1-8(17)4-9-5-11(2-3-12(9)18)24-15-13(19)6-10(7-14(15)20)16(21,22)23/h2-3,5-8H,4H2,1H3. The molecule has 0 aliphatic carbocycles. The minimum absolute atomic E-state index is 0.150. The zero-order valence-electron chi connectivity index (χ0n) is 12.2. The van der Waals surface area contributed by atoms with Gasteiger partial charge >= 0.3 is 6.18 Å². The number of hydrogen-bond donors (Lipinski definition) is 0. The second kappa shape index (κ2) is 7.50. The third-order valence-electron chi connectivity index (χ3n) is 3.06. The number of hydrogen-bond acceptors (Lipinski definition) is 1. The first-order chi connectivity index (χ1) is 11.1. The van der Waals surface area contributed by atoms with E-state index in [9.17, 15) is 17.6 Å². The molecule has 0 amide bonds. The first-order valence-corrected chi connectivity index (χ1v) is 8.41. The highest BCUT2D eigenvalue weighted by Gasteiger charge is 2.32. The topological polar surface area (TPSA) is 9.23 Å². The van der Waals surface area contributed by atoms with Gasteiger partial charge in [-0.2, -0.15) is 13.2 Å². The van der Waals surface area contributed by atoms with Gasteiger partial charge in [-0.05, 0) is 42.3 Å². The molecule has 2 rings (SSSR count). The fourth-order valence-corrected chi connectivity index (χ4v) is 2.80. The van der Waals surface area contributed by atoms with Crippen molar-refractivity contribution in [2.75, 3.05) is 0 Å². The maximum absolute atomic E-state index is 14.0. The van der Waals surface area contributed by atoms with Gasteiger partial charge in [-0.3, -0.25) is 0 Å². The lowest BCUT2D eigenvalue weighted by Gasteiger charge is -2.14. The van der Waals surface area contributed by atoms with Gasteiger partial charge in [0, 0.05) is 9.85 Å². The van der Waals surface area contributed by atoms with E-state index in [1.165, 1.54) is 6.07 Å². The minimum atomic E-state index is -4.69. The maximum atomic E-state index is 14.0. The van der Waals surface area contributed by atoms with Crippen molar-refractivity contribution in [2.45, 2.75) is 24.3 Å². The van der Waals surface area contributed by atoms with Crippen molar-refractivity contribution in [1.82, 2.24) is 0 Å². The molecular formula is C16H11BrCl2F4O. The van der Waals surface area contributed by atoms with Gasteiger partial charge in [-0.15, -0.1) is 0 Å². The molecule has 0 bridgehead atoms. The van der Waals surface area contributed by atoms with E-state index in [2.05, 4.69) is 15.9 Å². The van der Waals surface area contributed by atoms with Crippen LogP contribution in [0.25, 0.3) is 0 Å². The highest BCUT2D eigenvalue weighted by molar-refractivity contribution is 9.09. The van der Waals surface area contributed by atoms with Crippen molar-refractivity contribution in [3.8, 4) is 11.5 Å². The van der Waals surface area contributed by atoms with Crippen molar-refractivity contribution in [2.24, 2.45) is 0 Å². The van der Waals surface area contributed by atoms with Gasteiger partial charge in [-0.1, -0.05) is 46.1 Å². The molecule has 8 heteroatoms. The summed E-state index contributed by atoms with van der Waals surface area (Å²) in [6.45, 7) is 1.93. The van der Waals surface area contributed by atoms with Gasteiger partial charge < -0.3 is 4.74 Å². The lowest BCUT2D eigenvalue weighted by atomic mass is 10.1. The van der Waals surface area contributed by atoms with E-state index in [4.69, 9.17) is 27.9 Å². The molecule has 0 radical (unpaired) electrons. The maximum Gasteiger partial charge on any atom is 0.416 e. The summed E-state index contributed by atoms with van der Waals surface area (Å²) in [4.78, 5) is 0.150. The van der Waals surface area contributed by atoms with Crippen molar-refractivity contribution in [1.29, 1.82) is 0 Å². The van der Waals surface area contributed by atoms with Gasteiger partial charge in [-0.25, -0.2) is 4.39 Å². The molecule has 0 spiro atoms. The predicted octanol–water partition coefficient (Wildman–Crippen LogP) is 7.27. The Kier molecular flexibility index (Phi) is 6.04. The molecule has 2 aromatic carbocycles. The molecule has 1 atom stereocenters. The van der Waals surface area contributed by atoms with Crippen LogP contribution < -0.4 is 4.74 Å². The van der Waals surface area contributed by atoms with Crippen molar-refractivity contribution >= 4 is 39.1 Å². The molecule has 0 N–H and O–H groups in total. The summed E-state index contributed by atoms with van der Waals surface area (Å²) in [5.74, 6) is -1.44. The minimum Gasteiger partial charge on any atom is -0.453 e. The Morgan fingerprint density at radius 1 is 1.12 bits per heavy atom. The quantitative estimate of drug-likeness (QED) is 0.355. The van der Waals surface area contributed by atoms with Crippen LogP contribution in [0.2, 0.25) is 10.0 Å². The molecule has 0 saturated carbocycles. The normalized spacial score (nSPS) is 13.0. The summed E-state index contributed by atoms with van der Waals surface area (Å²) in [5.41, 5.74) is -0.427. The Bertz CT molecular complexity index is 724. The van der Waals surface area contributed by atoms with Crippen LogP contribution in [0.4, 0.5) is 17.6 Å². The van der Waals surface area contributed by atoms with Crippen LogP contribution in [0.1, 0.15) is 18.1 Å². The Labute approximate surface area is 154 Å². The van der Waals surface area contributed by atoms with Gasteiger partial charge in [0.15, 0.2) is 11.6 Å². The zero-order valence-corrected chi connectivity index (χ0v) is 15.3. The van der Waals surface area contributed by atoms with Crippen LogP contribution in [0.3, 0.4) is 0 Å². The van der Waals surface area contributed by atoms with E-state index in [1.807, 2.05) is 6.92 Å². The Morgan fingerprint density at radius 2 is 1.79 bits per heavy atom. The van der Waals surface area contributed by atoms with E-state index in [-0.39, 0.29) is 10.6 Å². The van der Waals surface area contributed by atoms with Crippen LogP contribution >= 0.6 is 39.1 Å². The van der Waals surface area contributed by atoms with Gasteiger partial charge in [0.25, 0.3) is 0 Å². The van der Waals surface area contributed by atoms with E-state index in [1.54, 1.807) is 12.1 Å². The second-order valence-corrected chi connectivity index (χ2v) is 7.48. The summed E-state index contributed by atoms with van der Waals surface area (Å²) in [7, 11) is 0. The van der Waals surface area contributed by atoms with Crippen molar-refractivity contribution in [3.05, 3.63) is 57.3 Å². The zero-order chi connectivity index (χ0) is 18.1. The SMILES string of the molecule is CC(Br)Cc1cc(Oc2c(F)cc(C(F)(F)F)cc2Cl)ccc1Cl. The highest BCUT2D eigenvalue weighted by atomic mass is 79.9. The molecule has 130 valence electrons. The number of ether oxygens (including phenoxy) is 1. The average Bonchev–Trinajstić information content (AvgIpc) is 2.44. The largest absolute Gasteiger partial charge is 0.453 e.